The van der Waals surface area contributed by atoms with Gasteiger partial charge in [-0.1, -0.05) is 12.1 Å². The van der Waals surface area contributed by atoms with Crippen LogP contribution >= 0.6 is 0 Å². The SMILES string of the molecule is Cc1ccn2cc(C(=O)OC(C)C(=O)c3ccc4c(c3)CCC4)nc2c1. The number of ketones is 1. The van der Waals surface area contributed by atoms with Gasteiger partial charge in [0.1, 0.15) is 5.65 Å². The van der Waals surface area contributed by atoms with Crippen LogP contribution in [0.1, 0.15) is 50.9 Å². The number of hydrogen-bond acceptors (Lipinski definition) is 4. The van der Waals surface area contributed by atoms with Gasteiger partial charge in [-0.25, -0.2) is 9.78 Å². The predicted octanol–water partition coefficient (Wildman–Crippen LogP) is 3.56. The van der Waals surface area contributed by atoms with Crippen molar-refractivity contribution in [2.75, 3.05) is 0 Å². The second-order valence-corrected chi connectivity index (χ2v) is 6.84. The van der Waals surface area contributed by atoms with Crippen LogP contribution in [0.25, 0.3) is 5.65 Å². The third kappa shape index (κ3) is 3.01. The van der Waals surface area contributed by atoms with Crippen molar-refractivity contribution >= 4 is 17.4 Å². The van der Waals surface area contributed by atoms with Gasteiger partial charge >= 0.3 is 5.97 Å². The Morgan fingerprint density at radius 2 is 1.96 bits per heavy atom. The summed E-state index contributed by atoms with van der Waals surface area (Å²) in [5.41, 5.74) is 5.06. The summed E-state index contributed by atoms with van der Waals surface area (Å²) >= 11 is 0. The van der Waals surface area contributed by atoms with E-state index in [1.54, 1.807) is 17.5 Å². The van der Waals surface area contributed by atoms with E-state index in [1.165, 1.54) is 11.1 Å². The topological polar surface area (TPSA) is 60.7 Å². The summed E-state index contributed by atoms with van der Waals surface area (Å²) in [7, 11) is 0. The van der Waals surface area contributed by atoms with E-state index in [0.717, 1.165) is 24.8 Å². The molecule has 5 nitrogen and oxygen atoms in total. The van der Waals surface area contributed by atoms with Gasteiger partial charge in [0, 0.05) is 18.0 Å². The molecule has 0 bridgehead atoms. The minimum Gasteiger partial charge on any atom is -0.449 e. The molecule has 0 saturated carbocycles. The Balaban J connectivity index is 1.50. The van der Waals surface area contributed by atoms with E-state index in [-0.39, 0.29) is 11.5 Å². The van der Waals surface area contributed by atoms with Gasteiger partial charge in [-0.2, -0.15) is 0 Å². The largest absolute Gasteiger partial charge is 0.449 e. The second kappa shape index (κ2) is 6.41. The Bertz CT molecular complexity index is 1020. The number of esters is 1. The van der Waals surface area contributed by atoms with Crippen LogP contribution in [-0.4, -0.2) is 27.2 Å². The molecule has 26 heavy (non-hydrogen) atoms. The summed E-state index contributed by atoms with van der Waals surface area (Å²) < 4.78 is 7.13. The highest BCUT2D eigenvalue weighted by Crippen LogP contribution is 2.23. The van der Waals surface area contributed by atoms with Crippen molar-refractivity contribution in [2.24, 2.45) is 0 Å². The van der Waals surface area contributed by atoms with Crippen LogP contribution in [0.15, 0.2) is 42.7 Å². The van der Waals surface area contributed by atoms with E-state index in [1.807, 2.05) is 43.5 Å². The number of nitrogens with zero attached hydrogens (tertiary/aromatic N) is 2. The van der Waals surface area contributed by atoms with Crippen molar-refractivity contribution in [3.63, 3.8) is 0 Å². The van der Waals surface area contributed by atoms with Crippen molar-refractivity contribution in [3.05, 3.63) is 70.7 Å². The number of Topliss-reactive ketones (excluding diaryl/α,β-unsaturated/α-hetero) is 1. The van der Waals surface area contributed by atoms with E-state index in [2.05, 4.69) is 4.98 Å². The molecule has 3 aromatic rings. The van der Waals surface area contributed by atoms with E-state index in [4.69, 9.17) is 4.74 Å². The molecule has 2 heterocycles. The van der Waals surface area contributed by atoms with Crippen LogP contribution in [0.3, 0.4) is 0 Å². The van der Waals surface area contributed by atoms with Gasteiger partial charge in [0.15, 0.2) is 11.8 Å². The molecule has 0 aliphatic heterocycles. The fourth-order valence-corrected chi connectivity index (χ4v) is 3.42. The number of carbonyl (C=O) groups is 2. The number of benzene rings is 1. The van der Waals surface area contributed by atoms with Gasteiger partial charge in [-0.15, -0.1) is 0 Å². The fourth-order valence-electron chi connectivity index (χ4n) is 3.42. The second-order valence-electron chi connectivity index (χ2n) is 6.84. The molecule has 0 saturated heterocycles. The summed E-state index contributed by atoms with van der Waals surface area (Å²) in [5, 5.41) is 0. The first-order valence-electron chi connectivity index (χ1n) is 8.83. The van der Waals surface area contributed by atoms with Crippen LogP contribution in [0, 0.1) is 6.92 Å². The van der Waals surface area contributed by atoms with Crippen molar-refractivity contribution in [1.29, 1.82) is 0 Å². The molecule has 1 aliphatic carbocycles. The van der Waals surface area contributed by atoms with E-state index >= 15 is 0 Å². The molecular formula is C21H20N2O3. The standard InChI is InChI=1S/C21H20N2O3/c1-13-8-9-23-12-18(22-19(23)10-13)21(25)26-14(2)20(24)17-7-6-15-4-3-5-16(15)11-17/h6-12,14H,3-5H2,1-2H3. The monoisotopic (exact) mass is 348 g/mol. The van der Waals surface area contributed by atoms with Gasteiger partial charge in [-0.05, 0) is 68.0 Å². The van der Waals surface area contributed by atoms with Crippen molar-refractivity contribution in [1.82, 2.24) is 9.38 Å². The maximum Gasteiger partial charge on any atom is 0.359 e. The van der Waals surface area contributed by atoms with Crippen molar-refractivity contribution in [2.45, 2.75) is 39.2 Å². The zero-order valence-electron chi connectivity index (χ0n) is 14.9. The first-order valence-corrected chi connectivity index (χ1v) is 8.83. The Morgan fingerprint density at radius 1 is 1.15 bits per heavy atom. The van der Waals surface area contributed by atoms with Crippen molar-refractivity contribution < 1.29 is 14.3 Å². The number of aromatic nitrogens is 2. The lowest BCUT2D eigenvalue weighted by Gasteiger charge is -2.12. The van der Waals surface area contributed by atoms with Crippen LogP contribution in [0.4, 0.5) is 0 Å². The number of hydrogen-bond donors (Lipinski definition) is 0. The van der Waals surface area contributed by atoms with E-state index in [9.17, 15) is 9.59 Å². The smallest absolute Gasteiger partial charge is 0.359 e. The molecule has 4 rings (SSSR count). The molecule has 0 N–H and O–H groups in total. The zero-order valence-corrected chi connectivity index (χ0v) is 14.9. The molecule has 132 valence electrons. The van der Waals surface area contributed by atoms with Gasteiger partial charge in [0.2, 0.25) is 5.78 Å². The highest BCUT2D eigenvalue weighted by molar-refractivity contribution is 6.01. The summed E-state index contributed by atoms with van der Waals surface area (Å²) in [6.07, 6.45) is 5.81. The molecule has 1 aliphatic rings. The lowest BCUT2D eigenvalue weighted by atomic mass is 10.0. The average molecular weight is 348 g/mol. The molecular weight excluding hydrogens is 328 g/mol. The van der Waals surface area contributed by atoms with Gasteiger partial charge in [-0.3, -0.25) is 4.79 Å². The lowest BCUT2D eigenvalue weighted by Crippen LogP contribution is -2.24. The molecule has 1 atom stereocenters. The Kier molecular flexibility index (Phi) is 4.07. The molecule has 1 unspecified atom stereocenters. The first kappa shape index (κ1) is 16.5. The fraction of sp³-hybridized carbons (Fsp3) is 0.286. The Labute approximate surface area is 151 Å². The molecule has 0 radical (unpaired) electrons. The van der Waals surface area contributed by atoms with E-state index < -0.39 is 12.1 Å². The van der Waals surface area contributed by atoms with Crippen LogP contribution in [0.2, 0.25) is 0 Å². The minimum atomic E-state index is -0.853. The average Bonchev–Trinajstić information content (AvgIpc) is 3.26. The normalized spacial score (nSPS) is 14.2. The molecule has 2 aromatic heterocycles. The van der Waals surface area contributed by atoms with Crippen LogP contribution < -0.4 is 0 Å². The zero-order chi connectivity index (χ0) is 18.3. The minimum absolute atomic E-state index is 0.187. The quantitative estimate of drug-likeness (QED) is 0.534. The molecule has 0 fully saturated rings. The molecule has 5 heteroatoms. The summed E-state index contributed by atoms with van der Waals surface area (Å²) in [6.45, 7) is 3.57. The van der Waals surface area contributed by atoms with Gasteiger partial charge in [0.05, 0.1) is 0 Å². The number of imidazole rings is 1. The maximum atomic E-state index is 12.6. The number of pyridine rings is 1. The number of aryl methyl sites for hydroxylation is 3. The van der Waals surface area contributed by atoms with Crippen LogP contribution in [0.5, 0.6) is 0 Å². The third-order valence-corrected chi connectivity index (χ3v) is 4.86. The summed E-state index contributed by atoms with van der Waals surface area (Å²) in [5.74, 6) is -0.777. The molecule has 1 aromatic carbocycles. The number of ether oxygens (including phenoxy) is 1. The first-order chi connectivity index (χ1) is 12.5. The Morgan fingerprint density at radius 3 is 2.81 bits per heavy atom. The number of fused-ring (bicyclic) bond motifs is 2. The summed E-state index contributed by atoms with van der Waals surface area (Å²) in [4.78, 5) is 29.3. The number of carbonyl (C=O) groups excluding carboxylic acids is 2. The highest BCUT2D eigenvalue weighted by Gasteiger charge is 2.23. The van der Waals surface area contributed by atoms with E-state index in [0.29, 0.717) is 11.2 Å². The highest BCUT2D eigenvalue weighted by atomic mass is 16.5. The van der Waals surface area contributed by atoms with Crippen LogP contribution in [-0.2, 0) is 17.6 Å². The summed E-state index contributed by atoms with van der Waals surface area (Å²) in [6, 6.07) is 9.58. The lowest BCUT2D eigenvalue weighted by molar-refractivity contribution is 0.0314. The predicted molar refractivity (Wildman–Crippen MR) is 97.6 cm³/mol. The molecule has 0 amide bonds. The van der Waals surface area contributed by atoms with Gasteiger partial charge in [0.25, 0.3) is 0 Å². The maximum absolute atomic E-state index is 12.6. The number of rotatable bonds is 4. The third-order valence-electron chi connectivity index (χ3n) is 4.86. The van der Waals surface area contributed by atoms with Crippen molar-refractivity contribution in [3.8, 4) is 0 Å². The van der Waals surface area contributed by atoms with Gasteiger partial charge < -0.3 is 9.14 Å². The molecule has 0 spiro atoms. The Hall–Kier alpha value is -2.95.